The number of hydrogen-bond acceptors (Lipinski definition) is 2. The highest BCUT2D eigenvalue weighted by Gasteiger charge is 2.46. The topological polar surface area (TPSA) is 26.3 Å². The second-order valence-corrected chi connectivity index (χ2v) is 5.73. The van der Waals surface area contributed by atoms with Crippen LogP contribution >= 0.6 is 0 Å². The lowest BCUT2D eigenvalue weighted by Crippen LogP contribution is -2.42. The van der Waals surface area contributed by atoms with Crippen LogP contribution in [-0.2, 0) is 9.53 Å². The molecule has 4 atom stereocenters. The first-order chi connectivity index (χ1) is 7.04. The van der Waals surface area contributed by atoms with E-state index < -0.39 is 0 Å². The van der Waals surface area contributed by atoms with Crippen molar-refractivity contribution >= 4 is 5.97 Å². The third-order valence-electron chi connectivity index (χ3n) is 5.11. The minimum absolute atomic E-state index is 0.00507. The Hall–Kier alpha value is -0.530. The van der Waals surface area contributed by atoms with Gasteiger partial charge < -0.3 is 4.74 Å². The maximum Gasteiger partial charge on any atom is 0.305 e. The lowest BCUT2D eigenvalue weighted by Gasteiger charge is -2.48. The standard InChI is InChI=1S/C13H22O2/c1-9-4-5-11-8-15-12(14)6-7-13(11,3)10(9)2/h9-11H,4-8H2,1-3H3/t9-,10-,11-,13-/m1/s1. The van der Waals surface area contributed by atoms with Crippen LogP contribution in [0.3, 0.4) is 0 Å². The lowest BCUT2D eigenvalue weighted by atomic mass is 9.57. The molecule has 1 saturated heterocycles. The number of carbonyl (C=O) groups excluding carboxylic acids is 1. The van der Waals surface area contributed by atoms with E-state index in [0.717, 1.165) is 12.3 Å². The molecule has 86 valence electrons. The Bertz CT molecular complexity index is 261. The third kappa shape index (κ3) is 1.79. The monoisotopic (exact) mass is 210 g/mol. The molecule has 2 rings (SSSR count). The van der Waals surface area contributed by atoms with Gasteiger partial charge in [0.2, 0.25) is 0 Å². The molecule has 1 saturated carbocycles. The van der Waals surface area contributed by atoms with Crippen LogP contribution in [-0.4, -0.2) is 12.6 Å². The Morgan fingerprint density at radius 3 is 2.80 bits per heavy atom. The van der Waals surface area contributed by atoms with Crippen molar-refractivity contribution in [2.45, 2.75) is 46.5 Å². The maximum absolute atomic E-state index is 11.3. The highest BCUT2D eigenvalue weighted by molar-refractivity contribution is 5.69. The van der Waals surface area contributed by atoms with Gasteiger partial charge in [-0.3, -0.25) is 4.79 Å². The van der Waals surface area contributed by atoms with Crippen LogP contribution in [0.25, 0.3) is 0 Å². The van der Waals surface area contributed by atoms with Gasteiger partial charge in [-0.05, 0) is 36.0 Å². The SMILES string of the molecule is C[C@@H]1CC[C@@H]2COC(=O)CC[C@]2(C)[C@@H]1C. The molecule has 0 amide bonds. The smallest absolute Gasteiger partial charge is 0.305 e. The predicted octanol–water partition coefficient (Wildman–Crippen LogP) is 3.01. The molecule has 0 spiro atoms. The molecule has 1 heterocycles. The van der Waals surface area contributed by atoms with E-state index in [4.69, 9.17) is 4.74 Å². The quantitative estimate of drug-likeness (QED) is 0.574. The molecular formula is C13H22O2. The fourth-order valence-electron chi connectivity index (χ4n) is 3.41. The minimum atomic E-state index is 0.00507. The molecule has 0 aromatic heterocycles. The van der Waals surface area contributed by atoms with Crippen molar-refractivity contribution in [2.24, 2.45) is 23.2 Å². The Morgan fingerprint density at radius 1 is 1.33 bits per heavy atom. The highest BCUT2D eigenvalue weighted by atomic mass is 16.5. The fraction of sp³-hybridized carbons (Fsp3) is 0.923. The van der Waals surface area contributed by atoms with Gasteiger partial charge in [0, 0.05) is 6.42 Å². The fourth-order valence-corrected chi connectivity index (χ4v) is 3.41. The third-order valence-corrected chi connectivity index (χ3v) is 5.11. The normalized spacial score (nSPS) is 46.6. The van der Waals surface area contributed by atoms with Crippen molar-refractivity contribution in [1.82, 2.24) is 0 Å². The molecule has 0 radical (unpaired) electrons. The number of fused-ring (bicyclic) bond motifs is 1. The van der Waals surface area contributed by atoms with Crippen LogP contribution < -0.4 is 0 Å². The zero-order valence-corrected chi connectivity index (χ0v) is 10.1. The molecule has 0 N–H and O–H groups in total. The maximum atomic E-state index is 11.3. The van der Waals surface area contributed by atoms with Gasteiger partial charge in [0.15, 0.2) is 0 Å². The van der Waals surface area contributed by atoms with Crippen molar-refractivity contribution in [2.75, 3.05) is 6.61 Å². The van der Waals surface area contributed by atoms with Gasteiger partial charge in [0.25, 0.3) is 0 Å². The lowest BCUT2D eigenvalue weighted by molar-refractivity contribution is -0.144. The minimum Gasteiger partial charge on any atom is -0.465 e. The van der Waals surface area contributed by atoms with Crippen molar-refractivity contribution in [3.05, 3.63) is 0 Å². The van der Waals surface area contributed by atoms with Crippen LogP contribution in [0, 0.1) is 23.2 Å². The van der Waals surface area contributed by atoms with Gasteiger partial charge in [-0.1, -0.05) is 27.2 Å². The van der Waals surface area contributed by atoms with Crippen molar-refractivity contribution in [3.63, 3.8) is 0 Å². The Balaban J connectivity index is 2.21. The molecule has 15 heavy (non-hydrogen) atoms. The molecule has 2 aliphatic rings. The van der Waals surface area contributed by atoms with Gasteiger partial charge in [0.1, 0.15) is 0 Å². The average Bonchev–Trinajstić information content (AvgIpc) is 2.36. The predicted molar refractivity (Wildman–Crippen MR) is 59.4 cm³/mol. The number of esters is 1. The summed E-state index contributed by atoms with van der Waals surface area (Å²) in [6.07, 6.45) is 4.15. The van der Waals surface area contributed by atoms with Crippen LogP contribution in [0.4, 0.5) is 0 Å². The van der Waals surface area contributed by atoms with E-state index in [9.17, 15) is 4.79 Å². The van der Waals surface area contributed by atoms with E-state index in [-0.39, 0.29) is 5.97 Å². The van der Waals surface area contributed by atoms with Crippen LogP contribution in [0.2, 0.25) is 0 Å². The molecule has 0 bridgehead atoms. The molecule has 0 aromatic carbocycles. The second-order valence-electron chi connectivity index (χ2n) is 5.73. The first-order valence-corrected chi connectivity index (χ1v) is 6.19. The average molecular weight is 210 g/mol. The zero-order valence-electron chi connectivity index (χ0n) is 10.1. The number of rotatable bonds is 0. The summed E-state index contributed by atoms with van der Waals surface area (Å²) in [7, 11) is 0. The van der Waals surface area contributed by atoms with Crippen molar-refractivity contribution in [1.29, 1.82) is 0 Å². The Labute approximate surface area is 92.4 Å². The number of carbonyl (C=O) groups is 1. The summed E-state index contributed by atoms with van der Waals surface area (Å²) in [4.78, 5) is 11.3. The summed E-state index contributed by atoms with van der Waals surface area (Å²) in [6, 6.07) is 0. The summed E-state index contributed by atoms with van der Waals surface area (Å²) in [5.74, 6) is 2.10. The Kier molecular flexibility index (Phi) is 2.78. The van der Waals surface area contributed by atoms with E-state index in [1.807, 2.05) is 0 Å². The Morgan fingerprint density at radius 2 is 2.07 bits per heavy atom. The molecule has 0 aromatic rings. The summed E-state index contributed by atoms with van der Waals surface area (Å²) in [5, 5.41) is 0. The largest absolute Gasteiger partial charge is 0.465 e. The van der Waals surface area contributed by atoms with Crippen LogP contribution in [0.1, 0.15) is 46.5 Å². The zero-order chi connectivity index (χ0) is 11.1. The molecule has 2 nitrogen and oxygen atoms in total. The molecule has 1 aliphatic heterocycles. The molecule has 0 unspecified atom stereocenters. The molecule has 1 aliphatic carbocycles. The van der Waals surface area contributed by atoms with E-state index in [1.165, 1.54) is 12.8 Å². The summed E-state index contributed by atoms with van der Waals surface area (Å²) < 4.78 is 5.28. The van der Waals surface area contributed by atoms with Crippen LogP contribution in [0.15, 0.2) is 0 Å². The summed E-state index contributed by atoms with van der Waals surface area (Å²) >= 11 is 0. The second kappa shape index (κ2) is 3.80. The van der Waals surface area contributed by atoms with E-state index in [2.05, 4.69) is 20.8 Å². The highest BCUT2D eigenvalue weighted by Crippen LogP contribution is 2.51. The van der Waals surface area contributed by atoms with Gasteiger partial charge in [-0.15, -0.1) is 0 Å². The molecular weight excluding hydrogens is 188 g/mol. The van der Waals surface area contributed by atoms with Gasteiger partial charge in [-0.2, -0.15) is 0 Å². The number of cyclic esters (lactones) is 1. The van der Waals surface area contributed by atoms with Crippen molar-refractivity contribution < 1.29 is 9.53 Å². The molecule has 2 fully saturated rings. The number of hydrogen-bond donors (Lipinski definition) is 0. The van der Waals surface area contributed by atoms with Gasteiger partial charge in [0.05, 0.1) is 6.61 Å². The first-order valence-electron chi connectivity index (χ1n) is 6.19. The molecule has 2 heteroatoms. The van der Waals surface area contributed by atoms with E-state index in [0.29, 0.717) is 30.3 Å². The van der Waals surface area contributed by atoms with E-state index >= 15 is 0 Å². The summed E-state index contributed by atoms with van der Waals surface area (Å²) in [5.41, 5.74) is 0.323. The van der Waals surface area contributed by atoms with Crippen molar-refractivity contribution in [3.8, 4) is 0 Å². The van der Waals surface area contributed by atoms with Gasteiger partial charge in [-0.25, -0.2) is 0 Å². The van der Waals surface area contributed by atoms with Gasteiger partial charge >= 0.3 is 5.97 Å². The van der Waals surface area contributed by atoms with Crippen LogP contribution in [0.5, 0.6) is 0 Å². The number of ether oxygens (including phenoxy) is 1. The first kappa shape index (κ1) is 11.0. The van der Waals surface area contributed by atoms with E-state index in [1.54, 1.807) is 0 Å². The summed E-state index contributed by atoms with van der Waals surface area (Å²) in [6.45, 7) is 7.72.